The zero-order chi connectivity index (χ0) is 12.5. The predicted molar refractivity (Wildman–Crippen MR) is 63.6 cm³/mol. The van der Waals surface area contributed by atoms with Crippen LogP contribution in [0.5, 0.6) is 0 Å². The molecule has 6 nitrogen and oxygen atoms in total. The van der Waals surface area contributed by atoms with E-state index >= 15 is 0 Å². The SMILES string of the molecule is O=C(O)c1cncc(-n2nnc3ccccc32)c1. The minimum absolute atomic E-state index is 0.118. The summed E-state index contributed by atoms with van der Waals surface area (Å²) in [7, 11) is 0. The van der Waals surface area contributed by atoms with Crippen LogP contribution in [0.4, 0.5) is 0 Å². The molecule has 0 radical (unpaired) electrons. The highest BCUT2D eigenvalue weighted by Crippen LogP contribution is 2.15. The molecule has 0 amide bonds. The predicted octanol–water partition coefficient (Wildman–Crippen LogP) is 1.51. The van der Waals surface area contributed by atoms with Gasteiger partial charge in [0, 0.05) is 6.20 Å². The van der Waals surface area contributed by atoms with Gasteiger partial charge in [0.2, 0.25) is 0 Å². The summed E-state index contributed by atoms with van der Waals surface area (Å²) in [5.41, 5.74) is 2.25. The molecule has 18 heavy (non-hydrogen) atoms. The molecular weight excluding hydrogens is 232 g/mol. The van der Waals surface area contributed by atoms with Crippen LogP contribution < -0.4 is 0 Å². The van der Waals surface area contributed by atoms with E-state index < -0.39 is 5.97 Å². The molecular formula is C12H8N4O2. The van der Waals surface area contributed by atoms with Crippen LogP contribution in [0.15, 0.2) is 42.7 Å². The number of aromatic nitrogens is 4. The van der Waals surface area contributed by atoms with Crippen LogP contribution in [0.2, 0.25) is 0 Å². The minimum Gasteiger partial charge on any atom is -0.478 e. The molecule has 88 valence electrons. The maximum Gasteiger partial charge on any atom is 0.337 e. The Labute approximate surface area is 102 Å². The topological polar surface area (TPSA) is 80.9 Å². The van der Waals surface area contributed by atoms with Crippen molar-refractivity contribution in [2.45, 2.75) is 0 Å². The molecule has 0 fully saturated rings. The van der Waals surface area contributed by atoms with Gasteiger partial charge >= 0.3 is 5.97 Å². The lowest BCUT2D eigenvalue weighted by atomic mass is 10.2. The fraction of sp³-hybridized carbons (Fsp3) is 0. The van der Waals surface area contributed by atoms with E-state index in [2.05, 4.69) is 15.3 Å². The van der Waals surface area contributed by atoms with Crippen molar-refractivity contribution < 1.29 is 9.90 Å². The number of para-hydroxylation sites is 1. The molecule has 1 N–H and O–H groups in total. The molecule has 3 rings (SSSR count). The Morgan fingerprint density at radius 1 is 1.22 bits per heavy atom. The second kappa shape index (κ2) is 3.92. The number of rotatable bonds is 2. The van der Waals surface area contributed by atoms with Gasteiger partial charge in [-0.25, -0.2) is 9.48 Å². The van der Waals surface area contributed by atoms with Crippen LogP contribution in [0, 0.1) is 0 Å². The number of pyridine rings is 1. The molecule has 0 saturated heterocycles. The van der Waals surface area contributed by atoms with Crippen molar-refractivity contribution >= 4 is 17.0 Å². The number of carboxylic acids is 1. The second-order valence-corrected chi connectivity index (χ2v) is 3.73. The van der Waals surface area contributed by atoms with Crippen molar-refractivity contribution in [2.24, 2.45) is 0 Å². The maximum absolute atomic E-state index is 10.9. The normalized spacial score (nSPS) is 10.7. The van der Waals surface area contributed by atoms with Gasteiger partial charge < -0.3 is 5.11 Å². The van der Waals surface area contributed by atoms with Crippen molar-refractivity contribution in [3.8, 4) is 5.69 Å². The molecule has 2 heterocycles. The molecule has 0 aliphatic heterocycles. The first-order valence-corrected chi connectivity index (χ1v) is 5.25. The van der Waals surface area contributed by atoms with Crippen molar-refractivity contribution in [1.29, 1.82) is 0 Å². The van der Waals surface area contributed by atoms with Crippen LogP contribution in [-0.2, 0) is 0 Å². The first-order valence-electron chi connectivity index (χ1n) is 5.25. The molecule has 0 atom stereocenters. The molecule has 2 aromatic heterocycles. The Balaban J connectivity index is 2.20. The first kappa shape index (κ1) is 10.4. The van der Waals surface area contributed by atoms with Crippen LogP contribution in [0.1, 0.15) is 10.4 Å². The average Bonchev–Trinajstić information content (AvgIpc) is 2.82. The first-order chi connectivity index (χ1) is 8.75. The van der Waals surface area contributed by atoms with Crippen LogP contribution in [0.25, 0.3) is 16.7 Å². The summed E-state index contributed by atoms with van der Waals surface area (Å²) >= 11 is 0. The van der Waals surface area contributed by atoms with E-state index in [9.17, 15) is 4.79 Å². The van der Waals surface area contributed by atoms with E-state index in [-0.39, 0.29) is 5.56 Å². The summed E-state index contributed by atoms with van der Waals surface area (Å²) in [5, 5.41) is 16.9. The number of aromatic carboxylic acids is 1. The van der Waals surface area contributed by atoms with Crippen LogP contribution in [0.3, 0.4) is 0 Å². The summed E-state index contributed by atoms with van der Waals surface area (Å²) in [6.45, 7) is 0. The number of fused-ring (bicyclic) bond motifs is 1. The second-order valence-electron chi connectivity index (χ2n) is 3.73. The van der Waals surface area contributed by atoms with Gasteiger partial charge in [-0.15, -0.1) is 5.10 Å². The zero-order valence-electron chi connectivity index (χ0n) is 9.19. The number of carbonyl (C=O) groups is 1. The number of hydrogen-bond donors (Lipinski definition) is 1. The molecule has 0 unspecified atom stereocenters. The fourth-order valence-electron chi connectivity index (χ4n) is 1.72. The highest BCUT2D eigenvalue weighted by Gasteiger charge is 2.09. The van der Waals surface area contributed by atoms with Gasteiger partial charge in [-0.3, -0.25) is 4.98 Å². The summed E-state index contributed by atoms with van der Waals surface area (Å²) < 4.78 is 1.56. The Kier molecular flexibility index (Phi) is 2.26. The smallest absolute Gasteiger partial charge is 0.337 e. The highest BCUT2D eigenvalue weighted by atomic mass is 16.4. The van der Waals surface area contributed by atoms with Crippen LogP contribution in [-0.4, -0.2) is 31.1 Å². The zero-order valence-corrected chi connectivity index (χ0v) is 9.19. The molecule has 3 aromatic rings. The molecule has 0 bridgehead atoms. The van der Waals surface area contributed by atoms with Gasteiger partial charge in [-0.1, -0.05) is 17.3 Å². The number of carboxylic acid groups (broad SMARTS) is 1. The van der Waals surface area contributed by atoms with E-state index in [1.807, 2.05) is 24.3 Å². The minimum atomic E-state index is -1.02. The standard InChI is InChI=1S/C12H8N4O2/c17-12(18)8-5-9(7-13-6-8)16-11-4-2-1-3-10(11)14-15-16/h1-7H,(H,17,18). The Bertz CT molecular complexity index is 736. The molecule has 1 aromatic carbocycles. The maximum atomic E-state index is 10.9. The van der Waals surface area contributed by atoms with Gasteiger partial charge in [-0.2, -0.15) is 0 Å². The van der Waals surface area contributed by atoms with Crippen molar-refractivity contribution in [2.75, 3.05) is 0 Å². The Morgan fingerprint density at radius 3 is 2.89 bits per heavy atom. The van der Waals surface area contributed by atoms with Crippen molar-refractivity contribution in [3.63, 3.8) is 0 Å². The van der Waals surface area contributed by atoms with Gasteiger partial charge in [-0.05, 0) is 18.2 Å². The van der Waals surface area contributed by atoms with Gasteiger partial charge in [0.05, 0.1) is 23.0 Å². The monoisotopic (exact) mass is 240 g/mol. The lowest BCUT2D eigenvalue weighted by Gasteiger charge is -2.02. The van der Waals surface area contributed by atoms with E-state index in [0.29, 0.717) is 5.69 Å². The number of nitrogens with zero attached hydrogens (tertiary/aromatic N) is 4. The largest absolute Gasteiger partial charge is 0.478 e. The fourth-order valence-corrected chi connectivity index (χ4v) is 1.72. The highest BCUT2D eigenvalue weighted by molar-refractivity contribution is 5.88. The third-order valence-electron chi connectivity index (χ3n) is 2.57. The van der Waals surface area contributed by atoms with E-state index in [1.165, 1.54) is 12.3 Å². The molecule has 0 aliphatic carbocycles. The third-order valence-corrected chi connectivity index (χ3v) is 2.57. The Hall–Kier alpha value is -2.76. The lowest BCUT2D eigenvalue weighted by molar-refractivity contribution is 0.0696. The quantitative estimate of drug-likeness (QED) is 0.734. The van der Waals surface area contributed by atoms with Gasteiger partial charge in [0.1, 0.15) is 5.52 Å². The Morgan fingerprint density at radius 2 is 2.06 bits per heavy atom. The molecule has 0 spiro atoms. The molecule has 0 saturated carbocycles. The van der Waals surface area contributed by atoms with Crippen LogP contribution >= 0.6 is 0 Å². The average molecular weight is 240 g/mol. The summed E-state index contributed by atoms with van der Waals surface area (Å²) in [6.07, 6.45) is 2.85. The third kappa shape index (κ3) is 1.60. The van der Waals surface area contributed by atoms with Gasteiger partial charge in [0.15, 0.2) is 0 Å². The van der Waals surface area contributed by atoms with Crippen molar-refractivity contribution in [1.82, 2.24) is 20.0 Å². The van der Waals surface area contributed by atoms with E-state index in [4.69, 9.17) is 5.11 Å². The molecule has 6 heteroatoms. The van der Waals surface area contributed by atoms with Gasteiger partial charge in [0.25, 0.3) is 0 Å². The van der Waals surface area contributed by atoms with E-state index in [0.717, 1.165) is 11.0 Å². The summed E-state index contributed by atoms with van der Waals surface area (Å²) in [6, 6.07) is 8.95. The summed E-state index contributed by atoms with van der Waals surface area (Å²) in [5.74, 6) is -1.02. The lowest BCUT2D eigenvalue weighted by Crippen LogP contribution is -2.02. The molecule has 0 aliphatic rings. The number of benzene rings is 1. The summed E-state index contributed by atoms with van der Waals surface area (Å²) in [4.78, 5) is 14.8. The van der Waals surface area contributed by atoms with Crippen molar-refractivity contribution in [3.05, 3.63) is 48.3 Å². The number of hydrogen-bond acceptors (Lipinski definition) is 4. The van der Waals surface area contributed by atoms with E-state index in [1.54, 1.807) is 10.9 Å².